The molecule has 0 aromatic heterocycles. The number of hydrogen-bond acceptors (Lipinski definition) is 3. The summed E-state index contributed by atoms with van der Waals surface area (Å²) in [5.41, 5.74) is 0.909. The molecule has 0 saturated carbocycles. The Morgan fingerprint density at radius 1 is 1.23 bits per heavy atom. The number of anilines is 2. The Morgan fingerprint density at radius 2 is 2.00 bits per heavy atom. The average molecular weight is 380 g/mol. The summed E-state index contributed by atoms with van der Waals surface area (Å²) in [5, 5.41) is 4.48. The molecule has 2 N–H and O–H groups in total. The van der Waals surface area contributed by atoms with E-state index in [2.05, 4.69) is 10.6 Å². The van der Waals surface area contributed by atoms with E-state index in [9.17, 15) is 22.8 Å². The van der Waals surface area contributed by atoms with Gasteiger partial charge in [-0.25, -0.2) is 0 Å². The van der Waals surface area contributed by atoms with Crippen LogP contribution in [0, 0.1) is 6.92 Å². The highest BCUT2D eigenvalue weighted by Crippen LogP contribution is 2.40. The zero-order valence-corrected chi connectivity index (χ0v) is 14.5. The van der Waals surface area contributed by atoms with E-state index in [-0.39, 0.29) is 18.0 Å². The van der Waals surface area contributed by atoms with Crippen molar-refractivity contribution in [2.24, 2.45) is 0 Å². The SMILES string of the molecule is Cc1cccc(NC(=O)CC2Sc3ccc(C(F)(F)F)cc3NC2=O)c1. The van der Waals surface area contributed by atoms with Crippen molar-refractivity contribution in [2.45, 2.75) is 29.7 Å². The summed E-state index contributed by atoms with van der Waals surface area (Å²) >= 11 is 1.09. The van der Waals surface area contributed by atoms with E-state index in [0.717, 1.165) is 29.5 Å². The van der Waals surface area contributed by atoms with Gasteiger partial charge in [0.15, 0.2) is 0 Å². The quantitative estimate of drug-likeness (QED) is 0.827. The normalized spacial score (nSPS) is 16.6. The fourth-order valence-electron chi connectivity index (χ4n) is 2.56. The highest BCUT2D eigenvalue weighted by Gasteiger charge is 2.34. The van der Waals surface area contributed by atoms with Crippen LogP contribution in [0.3, 0.4) is 0 Å². The lowest BCUT2D eigenvalue weighted by Crippen LogP contribution is -2.32. The van der Waals surface area contributed by atoms with Crippen LogP contribution in [0.4, 0.5) is 24.5 Å². The number of carbonyl (C=O) groups is 2. The molecule has 0 bridgehead atoms. The molecule has 1 aliphatic rings. The molecule has 0 fully saturated rings. The molecule has 1 aliphatic heterocycles. The first-order valence-electron chi connectivity index (χ1n) is 7.77. The Labute approximate surface area is 152 Å². The van der Waals surface area contributed by atoms with Gasteiger partial charge in [0, 0.05) is 17.0 Å². The number of halogens is 3. The first-order valence-corrected chi connectivity index (χ1v) is 8.65. The molecule has 2 amide bonds. The van der Waals surface area contributed by atoms with E-state index < -0.39 is 22.9 Å². The summed E-state index contributed by atoms with van der Waals surface area (Å²) in [6, 6.07) is 10.4. The maximum atomic E-state index is 12.8. The molecular weight excluding hydrogens is 365 g/mol. The van der Waals surface area contributed by atoms with Gasteiger partial charge in [-0.05, 0) is 42.8 Å². The smallest absolute Gasteiger partial charge is 0.326 e. The molecule has 1 heterocycles. The molecule has 3 rings (SSSR count). The van der Waals surface area contributed by atoms with Crippen LogP contribution in [0.15, 0.2) is 47.4 Å². The van der Waals surface area contributed by atoms with E-state index in [1.165, 1.54) is 6.07 Å². The van der Waals surface area contributed by atoms with Crippen molar-refractivity contribution >= 4 is 35.0 Å². The molecule has 26 heavy (non-hydrogen) atoms. The molecule has 2 aromatic rings. The number of amides is 2. The van der Waals surface area contributed by atoms with Crippen LogP contribution in [-0.4, -0.2) is 17.1 Å². The number of aryl methyl sites for hydroxylation is 1. The average Bonchev–Trinajstić information content (AvgIpc) is 2.54. The predicted molar refractivity (Wildman–Crippen MR) is 94.1 cm³/mol. The number of alkyl halides is 3. The lowest BCUT2D eigenvalue weighted by Gasteiger charge is -2.24. The number of rotatable bonds is 3. The van der Waals surface area contributed by atoms with Crippen LogP contribution in [0.5, 0.6) is 0 Å². The van der Waals surface area contributed by atoms with E-state index >= 15 is 0 Å². The molecule has 0 saturated heterocycles. The molecule has 4 nitrogen and oxygen atoms in total. The summed E-state index contributed by atoms with van der Waals surface area (Å²) in [7, 11) is 0. The summed E-state index contributed by atoms with van der Waals surface area (Å²) in [4.78, 5) is 24.9. The van der Waals surface area contributed by atoms with Crippen LogP contribution in [0.25, 0.3) is 0 Å². The number of nitrogens with one attached hydrogen (secondary N) is 2. The molecule has 0 spiro atoms. The molecule has 0 radical (unpaired) electrons. The number of carbonyl (C=O) groups excluding carboxylic acids is 2. The standard InChI is InChI=1S/C18H15F3N2O2S/c1-10-3-2-4-12(7-10)22-16(24)9-15-17(25)23-13-8-11(18(19,20)21)5-6-14(13)26-15/h2-8,15H,9H2,1H3,(H,22,24)(H,23,25). The molecule has 2 aromatic carbocycles. The van der Waals surface area contributed by atoms with Gasteiger partial charge in [0.05, 0.1) is 16.5 Å². The summed E-state index contributed by atoms with van der Waals surface area (Å²) in [6.45, 7) is 1.90. The fourth-order valence-corrected chi connectivity index (χ4v) is 3.66. The molecule has 0 aliphatic carbocycles. The minimum atomic E-state index is -4.48. The Balaban J connectivity index is 1.69. The largest absolute Gasteiger partial charge is 0.416 e. The van der Waals surface area contributed by atoms with Crippen LogP contribution >= 0.6 is 11.8 Å². The number of thioether (sulfide) groups is 1. The topological polar surface area (TPSA) is 58.2 Å². The Kier molecular flexibility index (Phi) is 4.95. The second-order valence-electron chi connectivity index (χ2n) is 5.93. The van der Waals surface area contributed by atoms with Crippen LogP contribution in [0.1, 0.15) is 17.5 Å². The maximum Gasteiger partial charge on any atom is 0.416 e. The van der Waals surface area contributed by atoms with Gasteiger partial charge in [0.2, 0.25) is 11.8 Å². The van der Waals surface area contributed by atoms with E-state index in [0.29, 0.717) is 10.6 Å². The Morgan fingerprint density at radius 3 is 2.69 bits per heavy atom. The molecule has 1 unspecified atom stereocenters. The van der Waals surface area contributed by atoms with Gasteiger partial charge < -0.3 is 10.6 Å². The highest BCUT2D eigenvalue weighted by molar-refractivity contribution is 8.01. The zero-order valence-electron chi connectivity index (χ0n) is 13.7. The van der Waals surface area contributed by atoms with Gasteiger partial charge in [-0.2, -0.15) is 13.2 Å². The van der Waals surface area contributed by atoms with Crippen molar-refractivity contribution < 1.29 is 22.8 Å². The maximum absolute atomic E-state index is 12.8. The summed E-state index contributed by atoms with van der Waals surface area (Å²) < 4.78 is 38.3. The van der Waals surface area contributed by atoms with Crippen molar-refractivity contribution in [3.8, 4) is 0 Å². The lowest BCUT2D eigenvalue weighted by molar-refractivity contribution is -0.137. The minimum absolute atomic E-state index is 0.0785. The second-order valence-corrected chi connectivity index (χ2v) is 7.17. The van der Waals surface area contributed by atoms with Gasteiger partial charge in [0.1, 0.15) is 0 Å². The molecular formula is C18H15F3N2O2S. The lowest BCUT2D eigenvalue weighted by atomic mass is 10.1. The van der Waals surface area contributed by atoms with Gasteiger partial charge in [-0.1, -0.05) is 12.1 Å². The predicted octanol–water partition coefficient (Wildman–Crippen LogP) is 4.46. The second kappa shape index (κ2) is 7.03. The number of hydrogen-bond donors (Lipinski definition) is 2. The van der Waals surface area contributed by atoms with E-state index in [4.69, 9.17) is 0 Å². The van der Waals surface area contributed by atoms with Gasteiger partial charge in [0.25, 0.3) is 0 Å². The van der Waals surface area contributed by atoms with E-state index in [1.54, 1.807) is 12.1 Å². The van der Waals surface area contributed by atoms with Crippen molar-refractivity contribution in [1.82, 2.24) is 0 Å². The monoisotopic (exact) mass is 380 g/mol. The van der Waals surface area contributed by atoms with Crippen molar-refractivity contribution in [3.05, 3.63) is 53.6 Å². The van der Waals surface area contributed by atoms with Crippen LogP contribution in [0.2, 0.25) is 0 Å². The third-order valence-electron chi connectivity index (χ3n) is 3.80. The first kappa shape index (κ1) is 18.3. The summed E-state index contributed by atoms with van der Waals surface area (Å²) in [6.07, 6.45) is -4.56. The molecule has 1 atom stereocenters. The van der Waals surface area contributed by atoms with Crippen molar-refractivity contribution in [1.29, 1.82) is 0 Å². The number of benzene rings is 2. The number of fused-ring (bicyclic) bond motifs is 1. The molecule has 8 heteroatoms. The fraction of sp³-hybridized carbons (Fsp3) is 0.222. The first-order chi connectivity index (χ1) is 12.2. The van der Waals surface area contributed by atoms with Gasteiger partial charge in [-0.3, -0.25) is 9.59 Å². The third-order valence-corrected chi connectivity index (χ3v) is 5.07. The summed E-state index contributed by atoms with van der Waals surface area (Å²) in [5.74, 6) is -0.820. The highest BCUT2D eigenvalue weighted by atomic mass is 32.2. The molecule has 136 valence electrons. The van der Waals surface area contributed by atoms with E-state index in [1.807, 2.05) is 19.1 Å². The van der Waals surface area contributed by atoms with Gasteiger partial charge in [-0.15, -0.1) is 11.8 Å². The Bertz CT molecular complexity index is 868. The van der Waals surface area contributed by atoms with Crippen LogP contribution < -0.4 is 10.6 Å². The van der Waals surface area contributed by atoms with Crippen molar-refractivity contribution in [2.75, 3.05) is 10.6 Å². The van der Waals surface area contributed by atoms with Crippen molar-refractivity contribution in [3.63, 3.8) is 0 Å². The van der Waals surface area contributed by atoms with Crippen LogP contribution in [-0.2, 0) is 15.8 Å². The third kappa shape index (κ3) is 4.19. The zero-order chi connectivity index (χ0) is 18.9. The van der Waals surface area contributed by atoms with Gasteiger partial charge >= 0.3 is 6.18 Å². The minimum Gasteiger partial charge on any atom is -0.326 e. The Hall–Kier alpha value is -2.48.